The van der Waals surface area contributed by atoms with E-state index in [4.69, 9.17) is 32.7 Å². The van der Waals surface area contributed by atoms with Crippen molar-refractivity contribution in [3.05, 3.63) is 105 Å². The average molecular weight is 492 g/mol. The minimum atomic E-state index is -0.212. The molecule has 1 atom stereocenters. The Morgan fingerprint density at radius 1 is 1.12 bits per heavy atom. The van der Waals surface area contributed by atoms with Gasteiger partial charge >= 0.3 is 0 Å². The number of fused-ring (bicyclic) bond motifs is 1. The number of nitrogens with one attached hydrogen (secondary N) is 1. The number of furan rings is 1. The minimum absolute atomic E-state index is 0.157. The van der Waals surface area contributed by atoms with E-state index in [1.54, 1.807) is 23.1 Å². The fraction of sp³-hybridized carbons (Fsp3) is 0.185. The van der Waals surface area contributed by atoms with E-state index in [0.717, 1.165) is 47.4 Å². The predicted molar refractivity (Wildman–Crippen MR) is 135 cm³/mol. The van der Waals surface area contributed by atoms with Gasteiger partial charge in [0, 0.05) is 10.6 Å². The minimum Gasteiger partial charge on any atom is -0.465 e. The van der Waals surface area contributed by atoms with Crippen LogP contribution in [0.5, 0.6) is 0 Å². The Bertz CT molecular complexity index is 1360. The van der Waals surface area contributed by atoms with Crippen LogP contribution < -0.4 is 5.32 Å². The lowest BCUT2D eigenvalue weighted by molar-refractivity contribution is 0.0933. The van der Waals surface area contributed by atoms with Gasteiger partial charge in [-0.05, 0) is 73.7 Å². The van der Waals surface area contributed by atoms with Gasteiger partial charge in [0.25, 0.3) is 5.91 Å². The number of halogens is 2. The van der Waals surface area contributed by atoms with E-state index in [1.807, 2.05) is 61.5 Å². The summed E-state index contributed by atoms with van der Waals surface area (Å²) in [7, 11) is 0. The molecule has 1 N–H and O–H groups in total. The highest BCUT2D eigenvalue weighted by Crippen LogP contribution is 2.37. The second kappa shape index (κ2) is 9.53. The van der Waals surface area contributed by atoms with E-state index in [-0.39, 0.29) is 11.9 Å². The molecule has 2 heterocycles. The van der Waals surface area contributed by atoms with E-state index in [2.05, 4.69) is 5.32 Å². The zero-order valence-electron chi connectivity index (χ0n) is 18.6. The van der Waals surface area contributed by atoms with Crippen LogP contribution in [0.4, 0.5) is 0 Å². The Morgan fingerprint density at radius 3 is 2.68 bits per heavy atom. The van der Waals surface area contributed by atoms with Gasteiger partial charge in [0.15, 0.2) is 5.69 Å². The van der Waals surface area contributed by atoms with Crippen LogP contribution in [0.3, 0.4) is 0 Å². The molecule has 172 valence electrons. The zero-order valence-corrected chi connectivity index (χ0v) is 20.1. The van der Waals surface area contributed by atoms with Crippen molar-refractivity contribution in [2.24, 2.45) is 0 Å². The molecule has 0 saturated heterocycles. The monoisotopic (exact) mass is 491 g/mol. The molecule has 0 bridgehead atoms. The van der Waals surface area contributed by atoms with E-state index in [9.17, 15) is 4.79 Å². The van der Waals surface area contributed by atoms with Crippen LogP contribution in [-0.4, -0.2) is 15.7 Å². The lowest BCUT2D eigenvalue weighted by Crippen LogP contribution is -2.28. The van der Waals surface area contributed by atoms with Gasteiger partial charge < -0.3 is 9.73 Å². The van der Waals surface area contributed by atoms with Crippen LogP contribution >= 0.6 is 23.2 Å². The number of aromatic nitrogens is 2. The summed E-state index contributed by atoms with van der Waals surface area (Å²) in [6, 6.07) is 18.8. The SMILES string of the molecule is C[C@@H](NC(=O)c1nn(-c2ccc(Cl)cc2Cl)c2c1CCC/C2=C\c1ccco1)c1ccccc1. The number of hydrogen-bond donors (Lipinski definition) is 1. The van der Waals surface area contributed by atoms with Gasteiger partial charge in [-0.3, -0.25) is 4.79 Å². The number of rotatable bonds is 5. The molecule has 1 aliphatic carbocycles. The molecule has 34 heavy (non-hydrogen) atoms. The first-order valence-electron chi connectivity index (χ1n) is 11.2. The molecule has 1 amide bonds. The molecule has 7 heteroatoms. The number of carbonyl (C=O) groups is 1. The van der Waals surface area contributed by atoms with Gasteiger partial charge in [-0.15, -0.1) is 0 Å². The number of carbonyl (C=O) groups excluding carboxylic acids is 1. The maximum Gasteiger partial charge on any atom is 0.272 e. The van der Waals surface area contributed by atoms with Crippen molar-refractivity contribution < 1.29 is 9.21 Å². The lowest BCUT2D eigenvalue weighted by Gasteiger charge is -2.19. The number of amides is 1. The second-order valence-corrected chi connectivity index (χ2v) is 9.17. The van der Waals surface area contributed by atoms with Crippen LogP contribution in [0, 0.1) is 0 Å². The highest BCUT2D eigenvalue weighted by molar-refractivity contribution is 6.35. The van der Waals surface area contributed by atoms with Crippen LogP contribution in [0.15, 0.2) is 71.3 Å². The standard InChI is InChI=1S/C27H23Cl2N3O2/c1-17(18-7-3-2-4-8-18)30-27(33)25-22-11-5-9-19(15-21-10-6-14-34-21)26(22)32(31-25)24-13-12-20(28)16-23(24)29/h2-4,6-8,10,12-17H,5,9,11H2,1H3,(H,30,33)/b19-15+/t17-/m1/s1. The third kappa shape index (κ3) is 4.41. The zero-order chi connectivity index (χ0) is 23.7. The Balaban J connectivity index is 1.61. The molecule has 0 saturated carbocycles. The lowest BCUT2D eigenvalue weighted by atomic mass is 9.90. The highest BCUT2D eigenvalue weighted by Gasteiger charge is 2.29. The Kier molecular flexibility index (Phi) is 6.31. The average Bonchev–Trinajstić information content (AvgIpc) is 3.48. The van der Waals surface area contributed by atoms with Crippen LogP contribution in [0.2, 0.25) is 10.0 Å². The van der Waals surface area contributed by atoms with E-state index in [0.29, 0.717) is 21.4 Å². The van der Waals surface area contributed by atoms with Crippen molar-refractivity contribution in [2.75, 3.05) is 0 Å². The number of benzene rings is 2. The van der Waals surface area contributed by atoms with Gasteiger partial charge in [-0.1, -0.05) is 53.5 Å². The van der Waals surface area contributed by atoms with Crippen molar-refractivity contribution in [1.29, 1.82) is 0 Å². The predicted octanol–water partition coefficient (Wildman–Crippen LogP) is 7.14. The van der Waals surface area contributed by atoms with Crippen molar-refractivity contribution in [3.8, 4) is 5.69 Å². The summed E-state index contributed by atoms with van der Waals surface area (Å²) in [4.78, 5) is 13.4. The molecule has 5 nitrogen and oxygen atoms in total. The van der Waals surface area contributed by atoms with E-state index < -0.39 is 0 Å². The van der Waals surface area contributed by atoms with E-state index >= 15 is 0 Å². The first-order valence-corrected chi connectivity index (χ1v) is 11.9. The molecule has 4 aromatic rings. The largest absolute Gasteiger partial charge is 0.465 e. The molecular formula is C27H23Cl2N3O2. The van der Waals surface area contributed by atoms with Gasteiger partial charge in [0.1, 0.15) is 5.76 Å². The third-order valence-corrected chi connectivity index (χ3v) is 6.56. The molecule has 0 unspecified atom stereocenters. The maximum atomic E-state index is 13.4. The number of allylic oxidation sites excluding steroid dienone is 1. The molecule has 0 spiro atoms. The summed E-state index contributed by atoms with van der Waals surface area (Å²) < 4.78 is 7.33. The van der Waals surface area contributed by atoms with Crippen LogP contribution in [0.1, 0.15) is 58.9 Å². The van der Waals surface area contributed by atoms with Gasteiger partial charge in [0.05, 0.1) is 28.7 Å². The molecule has 2 aromatic carbocycles. The van der Waals surface area contributed by atoms with Crippen molar-refractivity contribution >= 4 is 40.8 Å². The second-order valence-electron chi connectivity index (χ2n) is 8.33. The highest BCUT2D eigenvalue weighted by atomic mass is 35.5. The molecular weight excluding hydrogens is 469 g/mol. The Morgan fingerprint density at radius 2 is 1.94 bits per heavy atom. The first-order chi connectivity index (χ1) is 16.5. The molecule has 5 rings (SSSR count). The summed E-state index contributed by atoms with van der Waals surface area (Å²) in [6.07, 6.45) is 6.15. The van der Waals surface area contributed by atoms with Gasteiger partial charge in [0.2, 0.25) is 0 Å². The molecule has 0 fully saturated rings. The fourth-order valence-electron chi connectivity index (χ4n) is 4.38. The first kappa shape index (κ1) is 22.5. The summed E-state index contributed by atoms with van der Waals surface area (Å²) in [5.74, 6) is 0.539. The summed E-state index contributed by atoms with van der Waals surface area (Å²) >= 11 is 12.7. The summed E-state index contributed by atoms with van der Waals surface area (Å²) in [5, 5.41) is 8.89. The van der Waals surface area contributed by atoms with Gasteiger partial charge in [-0.25, -0.2) is 4.68 Å². The summed E-state index contributed by atoms with van der Waals surface area (Å²) in [6.45, 7) is 1.97. The van der Waals surface area contributed by atoms with Crippen molar-refractivity contribution in [3.63, 3.8) is 0 Å². The van der Waals surface area contributed by atoms with Crippen LogP contribution in [0.25, 0.3) is 17.3 Å². The molecule has 2 aromatic heterocycles. The van der Waals surface area contributed by atoms with Crippen molar-refractivity contribution in [1.82, 2.24) is 15.1 Å². The molecule has 0 radical (unpaired) electrons. The van der Waals surface area contributed by atoms with Crippen molar-refractivity contribution in [2.45, 2.75) is 32.2 Å². The van der Waals surface area contributed by atoms with E-state index in [1.165, 1.54) is 0 Å². The summed E-state index contributed by atoms with van der Waals surface area (Å²) in [5.41, 5.74) is 4.95. The quantitative estimate of drug-likeness (QED) is 0.322. The smallest absolute Gasteiger partial charge is 0.272 e. The molecule has 1 aliphatic rings. The van der Waals surface area contributed by atoms with Gasteiger partial charge in [-0.2, -0.15) is 5.10 Å². The Hall–Kier alpha value is -3.28. The van der Waals surface area contributed by atoms with Crippen LogP contribution in [-0.2, 0) is 6.42 Å². The maximum absolute atomic E-state index is 13.4. The fourth-order valence-corrected chi connectivity index (χ4v) is 4.87. The normalized spacial score (nSPS) is 15.2. The topological polar surface area (TPSA) is 60.1 Å². The number of hydrogen-bond acceptors (Lipinski definition) is 3. The number of nitrogens with zero attached hydrogens (tertiary/aromatic N) is 2. The third-order valence-electron chi connectivity index (χ3n) is 6.02. The Labute approximate surface area is 208 Å². The molecule has 0 aliphatic heterocycles.